The highest BCUT2D eigenvalue weighted by molar-refractivity contribution is 7.98. The molecule has 0 unspecified atom stereocenters. The molecule has 0 bridgehead atoms. The van der Waals surface area contributed by atoms with E-state index in [1.807, 2.05) is 26.0 Å². The van der Waals surface area contributed by atoms with Crippen molar-refractivity contribution in [3.63, 3.8) is 0 Å². The fourth-order valence-electron chi connectivity index (χ4n) is 1.75. The molecular weight excluding hydrogens is 260 g/mol. The number of hydrogen-bond donors (Lipinski definition) is 0. The Morgan fingerprint density at radius 1 is 1.21 bits per heavy atom. The molecular formula is C14H13N2O2S-. The number of aromatic carboxylic acids is 1. The monoisotopic (exact) mass is 273 g/mol. The van der Waals surface area contributed by atoms with E-state index in [2.05, 4.69) is 9.97 Å². The predicted molar refractivity (Wildman–Crippen MR) is 71.8 cm³/mol. The molecule has 1 aromatic carbocycles. The predicted octanol–water partition coefficient (Wildman–Crippen LogP) is 1.75. The molecule has 1 aromatic heterocycles. The van der Waals surface area contributed by atoms with Gasteiger partial charge in [-0.2, -0.15) is 0 Å². The summed E-state index contributed by atoms with van der Waals surface area (Å²) in [7, 11) is 0. The van der Waals surface area contributed by atoms with Gasteiger partial charge in [0, 0.05) is 22.7 Å². The van der Waals surface area contributed by atoms with E-state index in [0.29, 0.717) is 10.9 Å². The Morgan fingerprint density at radius 2 is 1.84 bits per heavy atom. The molecule has 0 spiro atoms. The van der Waals surface area contributed by atoms with Gasteiger partial charge >= 0.3 is 0 Å². The lowest BCUT2D eigenvalue weighted by Gasteiger charge is -2.09. The summed E-state index contributed by atoms with van der Waals surface area (Å²) in [6.45, 7) is 3.82. The van der Waals surface area contributed by atoms with Crippen LogP contribution in [0.1, 0.15) is 27.3 Å². The van der Waals surface area contributed by atoms with E-state index in [9.17, 15) is 9.90 Å². The number of carboxylic acids is 1. The van der Waals surface area contributed by atoms with Crippen molar-refractivity contribution in [2.75, 3.05) is 0 Å². The first-order valence-electron chi connectivity index (χ1n) is 5.80. The van der Waals surface area contributed by atoms with Gasteiger partial charge in [0.15, 0.2) is 5.16 Å². The lowest BCUT2D eigenvalue weighted by atomic mass is 10.1. The van der Waals surface area contributed by atoms with Crippen molar-refractivity contribution < 1.29 is 9.90 Å². The minimum atomic E-state index is -1.16. The van der Waals surface area contributed by atoms with E-state index < -0.39 is 5.97 Å². The van der Waals surface area contributed by atoms with E-state index in [1.165, 1.54) is 11.8 Å². The van der Waals surface area contributed by atoms with Crippen LogP contribution in [0.4, 0.5) is 0 Å². The Hall–Kier alpha value is -1.88. The fraction of sp³-hybridized carbons (Fsp3) is 0.214. The molecule has 0 aliphatic heterocycles. The molecule has 19 heavy (non-hydrogen) atoms. The van der Waals surface area contributed by atoms with Gasteiger partial charge in [0.25, 0.3) is 0 Å². The van der Waals surface area contributed by atoms with Crippen LogP contribution in [0, 0.1) is 13.8 Å². The van der Waals surface area contributed by atoms with Crippen molar-refractivity contribution in [3.8, 4) is 0 Å². The zero-order valence-corrected chi connectivity index (χ0v) is 11.5. The third-order valence-electron chi connectivity index (χ3n) is 2.56. The van der Waals surface area contributed by atoms with E-state index >= 15 is 0 Å². The Kier molecular flexibility index (Phi) is 4.16. The van der Waals surface area contributed by atoms with Crippen LogP contribution >= 0.6 is 11.8 Å². The summed E-state index contributed by atoms with van der Waals surface area (Å²) in [5.74, 6) is -0.648. The SMILES string of the molecule is Cc1cc(C)nc(SCc2ccccc2C(=O)[O-])n1. The standard InChI is InChI=1S/C14H14N2O2S/c1-9-7-10(2)16-14(15-9)19-8-11-5-3-4-6-12(11)13(17)18/h3-7H,8H2,1-2H3,(H,17,18)/p-1. The Labute approximate surface area is 115 Å². The lowest BCUT2D eigenvalue weighted by molar-refractivity contribution is -0.255. The van der Waals surface area contributed by atoms with Gasteiger partial charge in [-0.15, -0.1) is 0 Å². The van der Waals surface area contributed by atoms with Gasteiger partial charge < -0.3 is 9.90 Å². The zero-order valence-electron chi connectivity index (χ0n) is 10.7. The molecule has 4 nitrogen and oxygen atoms in total. The van der Waals surface area contributed by atoms with Gasteiger partial charge in [-0.1, -0.05) is 36.0 Å². The average molecular weight is 273 g/mol. The quantitative estimate of drug-likeness (QED) is 0.627. The number of nitrogens with zero attached hydrogens (tertiary/aromatic N) is 2. The second kappa shape index (κ2) is 5.84. The van der Waals surface area contributed by atoms with E-state index in [-0.39, 0.29) is 5.56 Å². The van der Waals surface area contributed by atoms with Crippen molar-refractivity contribution in [1.82, 2.24) is 9.97 Å². The summed E-state index contributed by atoms with van der Waals surface area (Å²) in [6.07, 6.45) is 0. The number of rotatable bonds is 4. The third kappa shape index (κ3) is 3.54. The van der Waals surface area contributed by atoms with Crippen molar-refractivity contribution in [3.05, 3.63) is 52.8 Å². The third-order valence-corrected chi connectivity index (χ3v) is 3.45. The smallest absolute Gasteiger partial charge is 0.188 e. The fourth-order valence-corrected chi connectivity index (χ4v) is 2.70. The van der Waals surface area contributed by atoms with Gasteiger partial charge in [-0.25, -0.2) is 9.97 Å². The van der Waals surface area contributed by atoms with Crippen LogP contribution < -0.4 is 5.11 Å². The molecule has 0 amide bonds. The number of carbonyl (C=O) groups is 1. The largest absolute Gasteiger partial charge is 0.545 e. The number of hydrogen-bond acceptors (Lipinski definition) is 5. The van der Waals surface area contributed by atoms with E-state index in [1.54, 1.807) is 18.2 Å². The molecule has 0 radical (unpaired) electrons. The average Bonchev–Trinajstić information content (AvgIpc) is 2.35. The van der Waals surface area contributed by atoms with E-state index in [0.717, 1.165) is 17.0 Å². The number of aryl methyl sites for hydroxylation is 2. The molecule has 0 atom stereocenters. The van der Waals surface area contributed by atoms with Gasteiger partial charge in [0.05, 0.1) is 5.97 Å². The van der Waals surface area contributed by atoms with Crippen LogP contribution in [0.25, 0.3) is 0 Å². The summed E-state index contributed by atoms with van der Waals surface area (Å²) in [6, 6.07) is 8.73. The Morgan fingerprint density at radius 3 is 2.47 bits per heavy atom. The molecule has 5 heteroatoms. The van der Waals surface area contributed by atoms with Crippen molar-refractivity contribution in [2.24, 2.45) is 0 Å². The molecule has 0 N–H and O–H groups in total. The minimum Gasteiger partial charge on any atom is -0.545 e. The van der Waals surface area contributed by atoms with Crippen LogP contribution in [-0.4, -0.2) is 15.9 Å². The molecule has 2 aromatic rings. The highest BCUT2D eigenvalue weighted by Gasteiger charge is 2.05. The molecule has 2 rings (SSSR count). The summed E-state index contributed by atoms with van der Waals surface area (Å²) in [4.78, 5) is 19.6. The normalized spacial score (nSPS) is 10.4. The highest BCUT2D eigenvalue weighted by Crippen LogP contribution is 2.21. The molecule has 0 aliphatic carbocycles. The topological polar surface area (TPSA) is 65.9 Å². The number of thioether (sulfide) groups is 1. The van der Waals surface area contributed by atoms with Crippen LogP contribution in [0.15, 0.2) is 35.5 Å². The molecule has 1 heterocycles. The minimum absolute atomic E-state index is 0.222. The first-order chi connectivity index (χ1) is 9.06. The van der Waals surface area contributed by atoms with Crippen LogP contribution in [-0.2, 0) is 5.75 Å². The van der Waals surface area contributed by atoms with Crippen LogP contribution in [0.3, 0.4) is 0 Å². The number of carboxylic acid groups (broad SMARTS) is 1. The van der Waals surface area contributed by atoms with E-state index in [4.69, 9.17) is 0 Å². The molecule has 0 saturated heterocycles. The van der Waals surface area contributed by atoms with Crippen molar-refractivity contribution in [1.29, 1.82) is 0 Å². The van der Waals surface area contributed by atoms with Crippen molar-refractivity contribution >= 4 is 17.7 Å². The number of aromatic nitrogens is 2. The molecule has 98 valence electrons. The molecule has 0 aliphatic rings. The zero-order chi connectivity index (χ0) is 13.8. The molecule has 0 fully saturated rings. The first kappa shape index (κ1) is 13.5. The first-order valence-corrected chi connectivity index (χ1v) is 6.79. The maximum absolute atomic E-state index is 11.0. The van der Waals surface area contributed by atoms with Gasteiger partial charge in [-0.3, -0.25) is 0 Å². The number of carbonyl (C=O) groups excluding carboxylic acids is 1. The molecule has 0 saturated carbocycles. The summed E-state index contributed by atoms with van der Waals surface area (Å²) >= 11 is 1.42. The Bertz CT molecular complexity index is 594. The van der Waals surface area contributed by atoms with Gasteiger partial charge in [0.2, 0.25) is 0 Å². The van der Waals surface area contributed by atoms with Gasteiger partial charge in [0.1, 0.15) is 0 Å². The van der Waals surface area contributed by atoms with Gasteiger partial charge in [-0.05, 0) is 25.5 Å². The second-order valence-electron chi connectivity index (χ2n) is 4.17. The second-order valence-corrected chi connectivity index (χ2v) is 5.11. The maximum atomic E-state index is 11.0. The lowest BCUT2D eigenvalue weighted by Crippen LogP contribution is -2.23. The maximum Gasteiger partial charge on any atom is 0.188 e. The van der Waals surface area contributed by atoms with Crippen LogP contribution in [0.2, 0.25) is 0 Å². The summed E-state index contributed by atoms with van der Waals surface area (Å²) in [5, 5.41) is 11.6. The number of benzene rings is 1. The Balaban J connectivity index is 2.16. The summed E-state index contributed by atoms with van der Waals surface area (Å²) < 4.78 is 0. The highest BCUT2D eigenvalue weighted by atomic mass is 32.2. The van der Waals surface area contributed by atoms with Crippen molar-refractivity contribution in [2.45, 2.75) is 24.8 Å². The van der Waals surface area contributed by atoms with Crippen LogP contribution in [0.5, 0.6) is 0 Å². The summed E-state index contributed by atoms with van der Waals surface area (Å²) in [5.41, 5.74) is 2.75.